The number of hydrogen-bond acceptors (Lipinski definition) is 4. The van der Waals surface area contributed by atoms with Gasteiger partial charge in [-0.05, 0) is 116 Å². The van der Waals surface area contributed by atoms with E-state index in [0.29, 0.717) is 0 Å². The van der Waals surface area contributed by atoms with E-state index in [2.05, 4.69) is 158 Å². The quantitative estimate of drug-likeness (QED) is 0.173. The molecular weight excluding hydrogens is 657 g/mol. The van der Waals surface area contributed by atoms with Gasteiger partial charge in [0.2, 0.25) is 0 Å². The van der Waals surface area contributed by atoms with Crippen LogP contribution in [0.3, 0.4) is 0 Å². The van der Waals surface area contributed by atoms with E-state index < -0.39 is 0 Å². The first-order valence-electron chi connectivity index (χ1n) is 18.2. The minimum Gasteiger partial charge on any atom is -0.256 e. The van der Waals surface area contributed by atoms with Gasteiger partial charge in [-0.2, -0.15) is 0 Å². The molecule has 0 aliphatic rings. The Labute approximate surface area is 311 Å². The Morgan fingerprint density at radius 2 is 0.704 bits per heavy atom. The molecule has 4 aromatic heterocycles. The van der Waals surface area contributed by atoms with Crippen molar-refractivity contribution in [2.24, 2.45) is 0 Å². The van der Waals surface area contributed by atoms with Crippen molar-refractivity contribution < 1.29 is 0 Å². The van der Waals surface area contributed by atoms with Crippen molar-refractivity contribution in [3.05, 3.63) is 182 Å². The molecule has 0 fully saturated rings. The van der Waals surface area contributed by atoms with Gasteiger partial charge in [-0.25, -0.2) is 9.97 Å². The van der Waals surface area contributed by atoms with Crippen LogP contribution in [0.25, 0.3) is 110 Å². The molecule has 250 valence electrons. The van der Waals surface area contributed by atoms with Crippen LogP contribution in [0, 0.1) is 0 Å². The number of nitrogens with zero attached hydrogens (tertiary/aromatic N) is 4. The molecule has 0 radical (unpaired) electrons. The summed E-state index contributed by atoms with van der Waals surface area (Å²) in [5.74, 6) is 0. The molecule has 0 aliphatic heterocycles. The summed E-state index contributed by atoms with van der Waals surface area (Å²) >= 11 is 0. The predicted molar refractivity (Wildman–Crippen MR) is 224 cm³/mol. The van der Waals surface area contributed by atoms with Crippen molar-refractivity contribution in [1.82, 2.24) is 19.9 Å². The Bertz CT molecular complexity index is 3090. The lowest BCUT2D eigenvalue weighted by Gasteiger charge is -2.18. The molecule has 54 heavy (non-hydrogen) atoms. The molecule has 0 spiro atoms. The summed E-state index contributed by atoms with van der Waals surface area (Å²) in [7, 11) is 0. The zero-order chi connectivity index (χ0) is 35.6. The van der Waals surface area contributed by atoms with Crippen molar-refractivity contribution in [3.8, 4) is 45.0 Å². The maximum atomic E-state index is 5.21. The van der Waals surface area contributed by atoms with Gasteiger partial charge in [0.25, 0.3) is 0 Å². The molecule has 0 saturated heterocycles. The van der Waals surface area contributed by atoms with Gasteiger partial charge in [-0.3, -0.25) is 9.97 Å². The number of pyridine rings is 4. The summed E-state index contributed by atoms with van der Waals surface area (Å²) in [4.78, 5) is 20.3. The molecule has 0 bridgehead atoms. The molecule has 0 aliphatic carbocycles. The third-order valence-electron chi connectivity index (χ3n) is 10.7. The van der Waals surface area contributed by atoms with E-state index in [4.69, 9.17) is 19.9 Å². The average Bonchev–Trinajstić information content (AvgIpc) is 3.23. The molecule has 0 N–H and O–H groups in total. The fraction of sp³-hybridized carbons (Fsp3) is 0. The van der Waals surface area contributed by atoms with Gasteiger partial charge < -0.3 is 0 Å². The van der Waals surface area contributed by atoms with Crippen molar-refractivity contribution in [3.63, 3.8) is 0 Å². The third-order valence-corrected chi connectivity index (χ3v) is 10.7. The van der Waals surface area contributed by atoms with Crippen molar-refractivity contribution in [2.45, 2.75) is 0 Å². The zero-order valence-electron chi connectivity index (χ0n) is 29.1. The Morgan fingerprint density at radius 3 is 1.15 bits per heavy atom. The van der Waals surface area contributed by atoms with Crippen LogP contribution in [0.4, 0.5) is 0 Å². The van der Waals surface area contributed by atoms with E-state index in [0.717, 1.165) is 88.4 Å². The SMILES string of the molecule is c1ccc(-c2c3ccc(-c4ccc5cc6ccccc6cc5n4)cc3c(-c3ccccn3)c3cc(-c4ccc5cc6ccccc6cc5n4)ccc23)nc1. The van der Waals surface area contributed by atoms with Gasteiger partial charge in [0.1, 0.15) is 0 Å². The van der Waals surface area contributed by atoms with Gasteiger partial charge in [-0.15, -0.1) is 0 Å². The van der Waals surface area contributed by atoms with E-state index in [9.17, 15) is 0 Å². The summed E-state index contributed by atoms with van der Waals surface area (Å²) in [5.41, 5.74) is 9.88. The van der Waals surface area contributed by atoms with Crippen molar-refractivity contribution in [1.29, 1.82) is 0 Å². The molecule has 11 rings (SSSR count). The molecule has 4 heterocycles. The Balaban J connectivity index is 1.18. The second kappa shape index (κ2) is 12.1. The van der Waals surface area contributed by atoms with E-state index in [1.165, 1.54) is 21.5 Å². The minimum absolute atomic E-state index is 0.908. The first kappa shape index (κ1) is 30.3. The summed E-state index contributed by atoms with van der Waals surface area (Å²) in [6.07, 6.45) is 3.74. The first-order valence-corrected chi connectivity index (χ1v) is 18.2. The van der Waals surface area contributed by atoms with E-state index >= 15 is 0 Å². The highest BCUT2D eigenvalue weighted by Gasteiger charge is 2.20. The van der Waals surface area contributed by atoms with Crippen LogP contribution >= 0.6 is 0 Å². The lowest BCUT2D eigenvalue weighted by Crippen LogP contribution is -1.95. The third kappa shape index (κ3) is 5.00. The number of rotatable bonds is 4. The van der Waals surface area contributed by atoms with E-state index in [1.807, 2.05) is 24.5 Å². The van der Waals surface area contributed by atoms with Gasteiger partial charge >= 0.3 is 0 Å². The second-order valence-corrected chi connectivity index (χ2v) is 13.9. The largest absolute Gasteiger partial charge is 0.256 e. The molecule has 11 aromatic rings. The van der Waals surface area contributed by atoms with Crippen LogP contribution in [-0.2, 0) is 0 Å². The zero-order valence-corrected chi connectivity index (χ0v) is 29.1. The van der Waals surface area contributed by atoms with Gasteiger partial charge in [0.05, 0.1) is 33.8 Å². The predicted octanol–water partition coefficient (Wildman–Crippen LogP) is 12.9. The first-order chi connectivity index (χ1) is 26.7. The summed E-state index contributed by atoms with van der Waals surface area (Å²) in [5, 5.41) is 11.4. The van der Waals surface area contributed by atoms with Crippen LogP contribution in [0.2, 0.25) is 0 Å². The van der Waals surface area contributed by atoms with Crippen molar-refractivity contribution in [2.75, 3.05) is 0 Å². The highest BCUT2D eigenvalue weighted by Crippen LogP contribution is 2.45. The molecule has 0 saturated carbocycles. The van der Waals surface area contributed by atoms with Crippen LogP contribution < -0.4 is 0 Å². The van der Waals surface area contributed by atoms with Crippen LogP contribution in [0.15, 0.2) is 182 Å². The topological polar surface area (TPSA) is 51.6 Å². The normalized spacial score (nSPS) is 11.7. The standard InChI is InChI=1S/C50H30N4/c1-3-11-33-29-47-35(25-31(33)9-1)17-21-43(53-47)37-15-19-39-41(27-37)50(46-14-6-8-24-52-46)42-28-38(16-20-40(42)49(39)45-13-5-7-23-51-45)44-22-18-36-26-32-10-2-4-12-34(32)30-48(36)54-44/h1-30H. The summed E-state index contributed by atoms with van der Waals surface area (Å²) in [6.45, 7) is 0. The summed E-state index contributed by atoms with van der Waals surface area (Å²) in [6, 6.07) is 60.0. The minimum atomic E-state index is 0.908. The second-order valence-electron chi connectivity index (χ2n) is 13.9. The number of fused-ring (bicyclic) bond motifs is 6. The van der Waals surface area contributed by atoms with Gasteiger partial charge in [0.15, 0.2) is 0 Å². The fourth-order valence-corrected chi connectivity index (χ4v) is 8.07. The highest BCUT2D eigenvalue weighted by molar-refractivity contribution is 6.22. The van der Waals surface area contributed by atoms with E-state index in [-0.39, 0.29) is 0 Å². The number of hydrogen-bond donors (Lipinski definition) is 0. The lowest BCUT2D eigenvalue weighted by molar-refractivity contribution is 1.33. The molecule has 0 unspecified atom stereocenters. The molecule has 4 nitrogen and oxygen atoms in total. The van der Waals surface area contributed by atoms with Gasteiger partial charge in [-0.1, -0.05) is 97.1 Å². The van der Waals surface area contributed by atoms with Crippen molar-refractivity contribution >= 4 is 64.9 Å². The molecule has 0 amide bonds. The molecule has 4 heteroatoms. The monoisotopic (exact) mass is 686 g/mol. The van der Waals surface area contributed by atoms with E-state index in [1.54, 1.807) is 0 Å². The molecular formula is C50H30N4. The van der Waals surface area contributed by atoms with Crippen LogP contribution in [0.1, 0.15) is 0 Å². The number of benzene rings is 7. The Morgan fingerprint density at radius 1 is 0.278 bits per heavy atom. The summed E-state index contributed by atoms with van der Waals surface area (Å²) < 4.78 is 0. The average molecular weight is 687 g/mol. The molecule has 7 aromatic carbocycles. The maximum Gasteiger partial charge on any atom is 0.0715 e. The lowest BCUT2D eigenvalue weighted by atomic mass is 9.86. The smallest absolute Gasteiger partial charge is 0.0715 e. The van der Waals surface area contributed by atoms with Crippen LogP contribution in [0.5, 0.6) is 0 Å². The fourth-order valence-electron chi connectivity index (χ4n) is 8.07. The van der Waals surface area contributed by atoms with Gasteiger partial charge in [0, 0.05) is 45.4 Å². The Hall–Kier alpha value is -7.30. The molecule has 0 atom stereocenters. The number of aromatic nitrogens is 4. The Kier molecular flexibility index (Phi) is 6.82. The highest BCUT2D eigenvalue weighted by atomic mass is 14.7. The maximum absolute atomic E-state index is 5.21. The van der Waals surface area contributed by atoms with Crippen LogP contribution in [-0.4, -0.2) is 19.9 Å².